The Labute approximate surface area is 424 Å². The Morgan fingerprint density at radius 3 is 1.51 bits per heavy atom. The quantitative estimate of drug-likeness (QED) is 0.0989. The Hall–Kier alpha value is -2.30. The molecule has 0 heterocycles. The van der Waals surface area contributed by atoms with Gasteiger partial charge in [-0.05, 0) is 196 Å². The summed E-state index contributed by atoms with van der Waals surface area (Å²) in [5, 5.41) is 0. The van der Waals surface area contributed by atoms with Crippen molar-refractivity contribution in [3.8, 4) is 23.7 Å². The van der Waals surface area contributed by atoms with Crippen LogP contribution in [0.3, 0.4) is 0 Å². The predicted octanol–water partition coefficient (Wildman–Crippen LogP) is 16.7. The molecule has 0 aromatic carbocycles. The lowest BCUT2D eigenvalue weighted by Gasteiger charge is -2.58. The fourth-order valence-corrected chi connectivity index (χ4v) is 18.3. The van der Waals surface area contributed by atoms with Gasteiger partial charge in [-0.1, -0.05) is 155 Å². The van der Waals surface area contributed by atoms with E-state index in [1.165, 1.54) is 129 Å². The first-order valence-electron chi connectivity index (χ1n) is 29.4. The van der Waals surface area contributed by atoms with Gasteiger partial charge in [0.1, 0.15) is 18.3 Å². The molecule has 386 valence electrons. The second-order valence-corrected chi connectivity index (χ2v) is 27.0. The van der Waals surface area contributed by atoms with Crippen LogP contribution in [0.2, 0.25) is 0 Å². The van der Waals surface area contributed by atoms with Crippen LogP contribution in [0.5, 0.6) is 0 Å². The molecule has 69 heavy (non-hydrogen) atoms. The summed E-state index contributed by atoms with van der Waals surface area (Å²) in [7, 11) is 1.91. The highest BCUT2D eigenvalue weighted by Crippen LogP contribution is 2.69. The number of ether oxygens (including phenoxy) is 2. The molecular formula is C65H102O4. The molecule has 8 aliphatic carbocycles. The molecule has 8 aliphatic rings. The number of allylic oxidation sites excluding steroid dienone is 2. The number of rotatable bonds is 14. The van der Waals surface area contributed by atoms with Crippen molar-refractivity contribution in [2.45, 2.75) is 249 Å². The Bertz CT molecular complexity index is 1950. The Morgan fingerprint density at radius 1 is 0.580 bits per heavy atom. The van der Waals surface area contributed by atoms with Crippen LogP contribution in [0.15, 0.2) is 23.3 Å². The summed E-state index contributed by atoms with van der Waals surface area (Å²) in [6.45, 7) is 26.7. The zero-order valence-electron chi connectivity index (χ0n) is 46.5. The van der Waals surface area contributed by atoms with Crippen molar-refractivity contribution in [2.24, 2.45) is 92.7 Å². The standard InChI is InChI=1S/C37H54O3.C28H48O/c1-26(2)13-12-14-27(3)32-19-20-33-31-18-17-29-25-30(21-23-36(29,5)34(31)22-24-37(32,33)6)40-35(39)16-11-9-7-8-10-15-28(4)38;1-19(2)8-7-9-20(3)24-12-13-25-23-11-10-21-18-22(29-6)14-16-27(21,4)26(23)15-17-28(24,25)5/h17,26-27,30-34H,7,12-16,18-25H2,1-6H3;10,19-20,22-26H,7-9,11-18H2,1-6H3. The van der Waals surface area contributed by atoms with E-state index in [0.717, 1.165) is 90.3 Å². The fourth-order valence-electron chi connectivity index (χ4n) is 18.3. The van der Waals surface area contributed by atoms with Crippen molar-refractivity contribution in [3.05, 3.63) is 23.3 Å². The third kappa shape index (κ3) is 11.9. The summed E-state index contributed by atoms with van der Waals surface area (Å²) in [5.74, 6) is 22.0. The van der Waals surface area contributed by atoms with Gasteiger partial charge in [-0.15, -0.1) is 0 Å². The molecule has 0 aliphatic heterocycles. The predicted molar refractivity (Wildman–Crippen MR) is 287 cm³/mol. The van der Waals surface area contributed by atoms with E-state index >= 15 is 0 Å². The molecular weight excluding hydrogens is 845 g/mol. The lowest BCUT2D eigenvalue weighted by atomic mass is 9.47. The molecule has 0 spiro atoms. The number of hydrogen-bond acceptors (Lipinski definition) is 4. The summed E-state index contributed by atoms with van der Waals surface area (Å²) in [6.07, 6.45) is 36.0. The molecule has 8 rings (SSSR count). The third-order valence-corrected chi connectivity index (χ3v) is 22.1. The molecule has 0 amide bonds. The van der Waals surface area contributed by atoms with Crippen LogP contribution in [-0.2, 0) is 19.1 Å². The number of ketones is 1. The summed E-state index contributed by atoms with van der Waals surface area (Å²) in [6, 6.07) is 0. The first kappa shape index (κ1) is 54.5. The first-order valence-corrected chi connectivity index (χ1v) is 29.4. The van der Waals surface area contributed by atoms with Crippen LogP contribution < -0.4 is 0 Å². The molecule has 0 aromatic rings. The fraction of sp³-hybridized carbons (Fsp3) is 0.846. The minimum absolute atomic E-state index is 0.0167. The SMILES string of the molecule is CC(=O)CC#CCC#CCC(=O)OC1CCC2(C)C(=CCC3C2CCC2(C)C(C(C)CCCC(C)C)CCC32)C1.COC1CCC2(C)C(=CCC3C2CCC2(C)C(C(C)CCCC(C)C)CCC32)C1. The number of Topliss-reactive ketones (excluding diaryl/α,β-unsaturated/α-hetero) is 1. The maximum atomic E-state index is 12.5. The van der Waals surface area contributed by atoms with Crippen LogP contribution in [0.1, 0.15) is 237 Å². The summed E-state index contributed by atoms with van der Waals surface area (Å²) in [4.78, 5) is 23.4. The number of hydrogen-bond donors (Lipinski definition) is 0. The largest absolute Gasteiger partial charge is 0.461 e. The van der Waals surface area contributed by atoms with Gasteiger partial charge in [-0.3, -0.25) is 9.59 Å². The van der Waals surface area contributed by atoms with Gasteiger partial charge in [0.15, 0.2) is 0 Å². The molecule has 0 N–H and O–H groups in total. The lowest BCUT2D eigenvalue weighted by Crippen LogP contribution is -2.51. The summed E-state index contributed by atoms with van der Waals surface area (Å²) in [5.41, 5.74) is 5.20. The van der Waals surface area contributed by atoms with E-state index in [0.29, 0.717) is 28.8 Å². The topological polar surface area (TPSA) is 52.6 Å². The van der Waals surface area contributed by atoms with Gasteiger partial charge in [-0.2, -0.15) is 0 Å². The molecule has 16 atom stereocenters. The average molecular weight is 948 g/mol. The molecule has 0 radical (unpaired) electrons. The van der Waals surface area contributed by atoms with E-state index in [2.05, 4.69) is 105 Å². The van der Waals surface area contributed by atoms with Gasteiger partial charge in [0.05, 0.1) is 18.9 Å². The number of carbonyl (C=O) groups is 2. The highest BCUT2D eigenvalue weighted by atomic mass is 16.5. The van der Waals surface area contributed by atoms with E-state index in [9.17, 15) is 9.59 Å². The zero-order chi connectivity index (χ0) is 49.7. The highest BCUT2D eigenvalue weighted by molar-refractivity contribution is 5.78. The summed E-state index contributed by atoms with van der Waals surface area (Å²) >= 11 is 0. The molecule has 16 unspecified atom stereocenters. The van der Waals surface area contributed by atoms with E-state index in [-0.39, 0.29) is 36.1 Å². The number of methoxy groups -OCH3 is 1. The van der Waals surface area contributed by atoms with Crippen molar-refractivity contribution >= 4 is 11.8 Å². The van der Waals surface area contributed by atoms with Gasteiger partial charge >= 0.3 is 5.97 Å². The number of carbonyl (C=O) groups excluding carboxylic acids is 2. The highest BCUT2D eigenvalue weighted by Gasteiger charge is 2.61. The van der Waals surface area contributed by atoms with Gasteiger partial charge in [0, 0.05) is 13.5 Å². The maximum Gasteiger partial charge on any atom is 0.318 e. The van der Waals surface area contributed by atoms with Crippen molar-refractivity contribution in [1.29, 1.82) is 0 Å². The molecule has 4 heteroatoms. The lowest BCUT2D eigenvalue weighted by molar-refractivity contribution is -0.150. The monoisotopic (exact) mass is 947 g/mol. The van der Waals surface area contributed by atoms with Crippen LogP contribution in [0.25, 0.3) is 0 Å². The van der Waals surface area contributed by atoms with Crippen molar-refractivity contribution < 1.29 is 19.1 Å². The molecule has 4 nitrogen and oxygen atoms in total. The van der Waals surface area contributed by atoms with Crippen LogP contribution in [0, 0.1) is 116 Å². The van der Waals surface area contributed by atoms with E-state index in [1.807, 2.05) is 7.11 Å². The van der Waals surface area contributed by atoms with E-state index < -0.39 is 0 Å². The molecule has 6 fully saturated rings. The van der Waals surface area contributed by atoms with Crippen molar-refractivity contribution in [1.82, 2.24) is 0 Å². The molecule has 0 saturated heterocycles. The smallest absolute Gasteiger partial charge is 0.318 e. The summed E-state index contributed by atoms with van der Waals surface area (Å²) < 4.78 is 11.6. The van der Waals surface area contributed by atoms with Crippen molar-refractivity contribution in [2.75, 3.05) is 7.11 Å². The Balaban J connectivity index is 0.000000214. The first-order chi connectivity index (χ1) is 32.8. The Morgan fingerprint density at radius 2 is 1.04 bits per heavy atom. The molecule has 0 bridgehead atoms. The number of fused-ring (bicyclic) bond motifs is 10. The number of esters is 1. The molecule has 0 aromatic heterocycles. The van der Waals surface area contributed by atoms with Crippen molar-refractivity contribution in [3.63, 3.8) is 0 Å². The zero-order valence-corrected chi connectivity index (χ0v) is 46.5. The minimum atomic E-state index is -0.222. The van der Waals surface area contributed by atoms with E-state index in [4.69, 9.17) is 9.47 Å². The van der Waals surface area contributed by atoms with Gasteiger partial charge in [0.25, 0.3) is 0 Å². The third-order valence-electron chi connectivity index (χ3n) is 22.1. The average Bonchev–Trinajstić information content (AvgIpc) is 3.85. The second kappa shape index (κ2) is 23.3. The van der Waals surface area contributed by atoms with E-state index in [1.54, 1.807) is 11.1 Å². The van der Waals surface area contributed by atoms with Gasteiger partial charge in [0.2, 0.25) is 0 Å². The minimum Gasteiger partial charge on any atom is -0.461 e. The van der Waals surface area contributed by atoms with Crippen LogP contribution >= 0.6 is 0 Å². The second-order valence-electron chi connectivity index (χ2n) is 27.0. The normalized spacial score (nSPS) is 39.4. The van der Waals surface area contributed by atoms with Gasteiger partial charge in [-0.25, -0.2) is 0 Å². The Kier molecular flexibility index (Phi) is 18.4. The van der Waals surface area contributed by atoms with Crippen LogP contribution in [-0.4, -0.2) is 31.1 Å². The molecule has 6 saturated carbocycles. The van der Waals surface area contributed by atoms with Crippen LogP contribution in [0.4, 0.5) is 0 Å². The van der Waals surface area contributed by atoms with Gasteiger partial charge < -0.3 is 9.47 Å². The maximum absolute atomic E-state index is 12.5.